The summed E-state index contributed by atoms with van der Waals surface area (Å²) in [5.74, 6) is -1.68. The van der Waals surface area contributed by atoms with E-state index in [0.29, 0.717) is 25.2 Å². The van der Waals surface area contributed by atoms with Crippen LogP contribution in [0.25, 0.3) is 0 Å². The van der Waals surface area contributed by atoms with E-state index in [2.05, 4.69) is 5.32 Å². The molecule has 7 heteroatoms. The Morgan fingerprint density at radius 1 is 1.48 bits per heavy atom. The van der Waals surface area contributed by atoms with Crippen LogP contribution in [-0.2, 0) is 9.59 Å². The fourth-order valence-corrected chi connectivity index (χ4v) is 2.33. The monoisotopic (exact) mass is 295 g/mol. The second-order valence-electron chi connectivity index (χ2n) is 5.30. The predicted molar refractivity (Wildman–Crippen MR) is 75.3 cm³/mol. The smallest absolute Gasteiger partial charge is 0.325 e. The lowest BCUT2D eigenvalue weighted by Crippen LogP contribution is -2.50. The molecular formula is C14H18FN3O3. The van der Waals surface area contributed by atoms with Gasteiger partial charge in [0.2, 0.25) is 5.91 Å². The van der Waals surface area contributed by atoms with Crippen molar-refractivity contribution in [3.8, 4) is 0 Å². The van der Waals surface area contributed by atoms with Gasteiger partial charge in [-0.1, -0.05) is 6.07 Å². The van der Waals surface area contributed by atoms with E-state index in [1.165, 1.54) is 18.2 Å². The van der Waals surface area contributed by atoms with Gasteiger partial charge in [-0.2, -0.15) is 0 Å². The first-order valence-electron chi connectivity index (χ1n) is 6.69. The molecule has 0 radical (unpaired) electrons. The van der Waals surface area contributed by atoms with Gasteiger partial charge in [-0.05, 0) is 24.6 Å². The highest BCUT2D eigenvalue weighted by Crippen LogP contribution is 2.19. The van der Waals surface area contributed by atoms with Crippen LogP contribution in [0.2, 0.25) is 0 Å². The standard InChI is InChI=1S/C14H18FN3O3/c15-10-2-1-3-11(8-10)17-12(19)4-6-18-7-5-14(16,9-18)13(20)21/h1-3,8H,4-7,9,16H2,(H,17,19)(H,20,21). The number of nitrogens with zero attached hydrogens (tertiary/aromatic N) is 1. The van der Waals surface area contributed by atoms with Gasteiger partial charge in [0.15, 0.2) is 0 Å². The zero-order valence-electron chi connectivity index (χ0n) is 11.5. The van der Waals surface area contributed by atoms with Crippen LogP contribution >= 0.6 is 0 Å². The topological polar surface area (TPSA) is 95.7 Å². The summed E-state index contributed by atoms with van der Waals surface area (Å²) in [6.07, 6.45) is 0.570. The summed E-state index contributed by atoms with van der Waals surface area (Å²) >= 11 is 0. The summed E-state index contributed by atoms with van der Waals surface area (Å²) in [7, 11) is 0. The quantitative estimate of drug-likeness (QED) is 0.741. The molecule has 1 aromatic rings. The maximum atomic E-state index is 13.0. The maximum Gasteiger partial charge on any atom is 0.325 e. The average Bonchev–Trinajstić information content (AvgIpc) is 2.80. The summed E-state index contributed by atoms with van der Waals surface area (Å²) in [6, 6.07) is 5.66. The number of carboxylic acids is 1. The van der Waals surface area contributed by atoms with Crippen molar-refractivity contribution >= 4 is 17.6 Å². The second kappa shape index (κ2) is 6.19. The number of carbonyl (C=O) groups excluding carboxylic acids is 1. The van der Waals surface area contributed by atoms with Crippen LogP contribution in [0.15, 0.2) is 24.3 Å². The van der Waals surface area contributed by atoms with Gasteiger partial charge in [-0.25, -0.2) is 4.39 Å². The first-order chi connectivity index (χ1) is 9.89. The molecule has 0 saturated carbocycles. The number of nitrogens with two attached hydrogens (primary N) is 1. The van der Waals surface area contributed by atoms with Gasteiger partial charge >= 0.3 is 5.97 Å². The van der Waals surface area contributed by atoms with Gasteiger partial charge in [-0.15, -0.1) is 0 Å². The Balaban J connectivity index is 1.79. The molecule has 1 aromatic carbocycles. The molecule has 1 aliphatic heterocycles. The SMILES string of the molecule is NC1(C(=O)O)CCN(CCC(=O)Nc2cccc(F)c2)C1. The average molecular weight is 295 g/mol. The molecule has 1 saturated heterocycles. The molecule has 1 heterocycles. The van der Waals surface area contributed by atoms with E-state index in [-0.39, 0.29) is 18.9 Å². The van der Waals surface area contributed by atoms with Crippen LogP contribution in [0.3, 0.4) is 0 Å². The molecule has 1 atom stereocenters. The minimum atomic E-state index is -1.22. The molecule has 0 aliphatic carbocycles. The van der Waals surface area contributed by atoms with Gasteiger partial charge < -0.3 is 21.1 Å². The molecule has 0 bridgehead atoms. The van der Waals surface area contributed by atoms with Crippen molar-refractivity contribution in [2.75, 3.05) is 25.0 Å². The molecule has 2 rings (SSSR count). The third-order valence-electron chi connectivity index (χ3n) is 3.57. The fraction of sp³-hybridized carbons (Fsp3) is 0.429. The first kappa shape index (κ1) is 15.4. The maximum absolute atomic E-state index is 13.0. The van der Waals surface area contributed by atoms with E-state index in [0.717, 1.165) is 0 Å². The van der Waals surface area contributed by atoms with Gasteiger partial charge in [0.05, 0.1) is 0 Å². The Labute approximate surface area is 121 Å². The van der Waals surface area contributed by atoms with Gasteiger partial charge in [-0.3, -0.25) is 9.59 Å². The highest BCUT2D eigenvalue weighted by atomic mass is 19.1. The molecule has 1 amide bonds. The van der Waals surface area contributed by atoms with Crippen LogP contribution < -0.4 is 11.1 Å². The number of nitrogens with one attached hydrogen (secondary N) is 1. The van der Waals surface area contributed by atoms with Crippen molar-refractivity contribution in [2.24, 2.45) is 5.73 Å². The van der Waals surface area contributed by atoms with Gasteiger partial charge in [0.25, 0.3) is 0 Å². The van der Waals surface area contributed by atoms with E-state index in [9.17, 15) is 14.0 Å². The molecule has 1 fully saturated rings. The lowest BCUT2D eigenvalue weighted by molar-refractivity contribution is -0.142. The molecule has 0 spiro atoms. The summed E-state index contributed by atoms with van der Waals surface area (Å²) in [5, 5.41) is 11.6. The van der Waals surface area contributed by atoms with Crippen LogP contribution in [0.5, 0.6) is 0 Å². The Morgan fingerprint density at radius 2 is 2.24 bits per heavy atom. The highest BCUT2D eigenvalue weighted by Gasteiger charge is 2.40. The van der Waals surface area contributed by atoms with Crippen LogP contribution in [0.4, 0.5) is 10.1 Å². The van der Waals surface area contributed by atoms with Crippen LogP contribution in [0.1, 0.15) is 12.8 Å². The lowest BCUT2D eigenvalue weighted by atomic mass is 10.0. The zero-order chi connectivity index (χ0) is 15.5. The Hall–Kier alpha value is -1.99. The number of carbonyl (C=O) groups is 2. The van der Waals surface area contributed by atoms with Gasteiger partial charge in [0.1, 0.15) is 11.4 Å². The minimum absolute atomic E-state index is 0.201. The summed E-state index contributed by atoms with van der Waals surface area (Å²) in [4.78, 5) is 24.6. The van der Waals surface area contributed by atoms with Crippen molar-refractivity contribution in [3.63, 3.8) is 0 Å². The number of aliphatic carboxylic acids is 1. The third-order valence-corrected chi connectivity index (χ3v) is 3.57. The second-order valence-corrected chi connectivity index (χ2v) is 5.30. The number of halogens is 1. The van der Waals surface area contributed by atoms with Gasteiger partial charge in [0, 0.05) is 31.7 Å². The number of benzene rings is 1. The summed E-state index contributed by atoms with van der Waals surface area (Å²) in [5.41, 5.74) is 4.94. The van der Waals surface area contributed by atoms with E-state index in [1.54, 1.807) is 6.07 Å². The summed E-state index contributed by atoms with van der Waals surface area (Å²) < 4.78 is 13.0. The number of hydrogen-bond acceptors (Lipinski definition) is 4. The predicted octanol–water partition coefficient (Wildman–Crippen LogP) is 0.642. The molecule has 1 aliphatic rings. The zero-order valence-corrected chi connectivity index (χ0v) is 11.5. The van der Waals surface area contributed by atoms with E-state index >= 15 is 0 Å². The molecule has 1 unspecified atom stereocenters. The molecule has 0 aromatic heterocycles. The molecule has 6 nitrogen and oxygen atoms in total. The van der Waals surface area contributed by atoms with E-state index in [4.69, 9.17) is 10.8 Å². The molecular weight excluding hydrogens is 277 g/mol. The normalized spacial score (nSPS) is 22.2. The van der Waals surface area contributed by atoms with E-state index < -0.39 is 17.3 Å². The Kier molecular flexibility index (Phi) is 4.54. The number of amides is 1. The Morgan fingerprint density at radius 3 is 2.86 bits per heavy atom. The van der Waals surface area contributed by atoms with E-state index in [1.807, 2.05) is 4.90 Å². The summed E-state index contributed by atoms with van der Waals surface area (Å²) in [6.45, 7) is 1.21. The van der Waals surface area contributed by atoms with Crippen molar-refractivity contribution in [1.29, 1.82) is 0 Å². The molecule has 4 N–H and O–H groups in total. The molecule has 114 valence electrons. The van der Waals surface area contributed by atoms with Crippen molar-refractivity contribution in [3.05, 3.63) is 30.1 Å². The molecule has 21 heavy (non-hydrogen) atoms. The minimum Gasteiger partial charge on any atom is -0.480 e. The van der Waals surface area contributed by atoms with Crippen molar-refractivity contribution < 1.29 is 19.1 Å². The highest BCUT2D eigenvalue weighted by molar-refractivity contribution is 5.90. The first-order valence-corrected chi connectivity index (χ1v) is 6.69. The Bertz CT molecular complexity index is 552. The number of carboxylic acid groups (broad SMARTS) is 1. The fourth-order valence-electron chi connectivity index (χ4n) is 2.33. The number of anilines is 1. The van der Waals surface area contributed by atoms with Crippen LogP contribution in [0, 0.1) is 5.82 Å². The number of rotatable bonds is 5. The third kappa shape index (κ3) is 3.99. The number of hydrogen-bond donors (Lipinski definition) is 3. The van der Waals surface area contributed by atoms with Crippen molar-refractivity contribution in [2.45, 2.75) is 18.4 Å². The lowest BCUT2D eigenvalue weighted by Gasteiger charge is -2.19. The van der Waals surface area contributed by atoms with Crippen molar-refractivity contribution in [1.82, 2.24) is 4.90 Å². The number of likely N-dealkylation sites (tertiary alicyclic amines) is 1. The largest absolute Gasteiger partial charge is 0.480 e. The van der Waals surface area contributed by atoms with Crippen LogP contribution in [-0.4, -0.2) is 47.1 Å².